The minimum Gasteiger partial charge on any atom is -0.352 e. The molecule has 0 spiro atoms. The Morgan fingerprint density at radius 2 is 1.62 bits per heavy atom. The predicted molar refractivity (Wildman–Crippen MR) is 99.3 cm³/mol. The van der Waals surface area contributed by atoms with Gasteiger partial charge >= 0.3 is 0 Å². The highest BCUT2D eigenvalue weighted by Gasteiger charge is 2.31. The summed E-state index contributed by atoms with van der Waals surface area (Å²) in [5, 5.41) is 7.43. The third kappa shape index (κ3) is 2.84. The molecule has 0 saturated carbocycles. The predicted octanol–water partition coefficient (Wildman–Crippen LogP) is 3.61. The number of nitrogens with one attached hydrogen (secondary N) is 1. The van der Waals surface area contributed by atoms with E-state index in [4.69, 9.17) is 0 Å². The molecule has 3 aromatic rings. The first-order chi connectivity index (χ1) is 12.6. The second-order valence-corrected chi connectivity index (χ2v) is 6.19. The number of hydrogen-bond donors (Lipinski definition) is 1. The van der Waals surface area contributed by atoms with Gasteiger partial charge in [0.2, 0.25) is 11.6 Å². The van der Waals surface area contributed by atoms with Crippen molar-refractivity contribution in [3.63, 3.8) is 0 Å². The van der Waals surface area contributed by atoms with Crippen LogP contribution in [0.5, 0.6) is 0 Å². The highest BCUT2D eigenvalue weighted by molar-refractivity contribution is 6.25. The van der Waals surface area contributed by atoms with Crippen molar-refractivity contribution in [1.82, 2.24) is 9.78 Å². The Labute approximate surface area is 151 Å². The number of fused-ring (bicyclic) bond motifs is 1. The summed E-state index contributed by atoms with van der Waals surface area (Å²) in [7, 11) is 0. The normalized spacial score (nSPS) is 13.3. The Hall–Kier alpha value is -3.47. The first-order valence-corrected chi connectivity index (χ1v) is 8.37. The fourth-order valence-electron chi connectivity index (χ4n) is 3.07. The first-order valence-electron chi connectivity index (χ1n) is 8.37. The van der Waals surface area contributed by atoms with Crippen LogP contribution in [0.4, 0.5) is 5.69 Å². The molecule has 1 heterocycles. The number of hydrogen-bond acceptors (Lipinski definition) is 4. The molecule has 26 heavy (non-hydrogen) atoms. The molecule has 0 aliphatic heterocycles. The molecule has 0 radical (unpaired) electrons. The van der Waals surface area contributed by atoms with E-state index in [1.54, 1.807) is 4.68 Å². The van der Waals surface area contributed by atoms with Crippen LogP contribution in [0.15, 0.2) is 72.4 Å². The van der Waals surface area contributed by atoms with Crippen LogP contribution < -0.4 is 5.32 Å². The van der Waals surface area contributed by atoms with Crippen molar-refractivity contribution in [1.29, 1.82) is 0 Å². The van der Waals surface area contributed by atoms with Crippen molar-refractivity contribution < 1.29 is 9.59 Å². The van der Waals surface area contributed by atoms with Gasteiger partial charge in [0, 0.05) is 17.5 Å². The number of nitrogens with zero attached hydrogens (tertiary/aromatic N) is 2. The third-order valence-electron chi connectivity index (χ3n) is 4.41. The molecule has 128 valence electrons. The summed E-state index contributed by atoms with van der Waals surface area (Å²) in [6, 6.07) is 19.2. The van der Waals surface area contributed by atoms with Crippen molar-refractivity contribution in [2.24, 2.45) is 0 Å². The highest BCUT2D eigenvalue weighted by atomic mass is 16.1. The maximum atomic E-state index is 12.9. The summed E-state index contributed by atoms with van der Waals surface area (Å²) in [5.74, 6) is -0.465. The lowest BCUT2D eigenvalue weighted by atomic mass is 9.97. The number of Topliss-reactive ketones (excluding diaryl/α,β-unsaturated/α-hetero) is 1. The zero-order valence-corrected chi connectivity index (χ0v) is 14.3. The number of carbonyl (C=O) groups is 2. The van der Waals surface area contributed by atoms with Crippen LogP contribution in [0.2, 0.25) is 0 Å². The van der Waals surface area contributed by atoms with Crippen molar-refractivity contribution in [3.8, 4) is 0 Å². The van der Waals surface area contributed by atoms with Gasteiger partial charge in [-0.3, -0.25) is 14.3 Å². The fourth-order valence-corrected chi connectivity index (χ4v) is 3.07. The number of carbonyl (C=O) groups excluding carboxylic acids is 2. The Kier molecular flexibility index (Phi) is 3.97. The van der Waals surface area contributed by atoms with Gasteiger partial charge in [-0.25, -0.2) is 0 Å². The summed E-state index contributed by atoms with van der Waals surface area (Å²) in [6.45, 7) is 2.34. The number of allylic oxidation sites excluding steroid dienone is 2. The van der Waals surface area contributed by atoms with Crippen LogP contribution in [0.3, 0.4) is 0 Å². The van der Waals surface area contributed by atoms with Crippen LogP contribution in [-0.2, 0) is 6.54 Å². The van der Waals surface area contributed by atoms with E-state index in [-0.39, 0.29) is 23.0 Å². The summed E-state index contributed by atoms with van der Waals surface area (Å²) < 4.78 is 1.72. The molecule has 0 atom stereocenters. The van der Waals surface area contributed by atoms with Gasteiger partial charge in [-0.15, -0.1) is 0 Å². The van der Waals surface area contributed by atoms with Gasteiger partial charge in [0.1, 0.15) is 5.69 Å². The lowest BCUT2D eigenvalue weighted by Crippen LogP contribution is -2.21. The number of rotatable bonds is 4. The van der Waals surface area contributed by atoms with E-state index in [0.29, 0.717) is 17.8 Å². The van der Waals surface area contributed by atoms with Crippen LogP contribution >= 0.6 is 0 Å². The molecule has 1 N–H and O–H groups in total. The van der Waals surface area contributed by atoms with E-state index < -0.39 is 0 Å². The van der Waals surface area contributed by atoms with E-state index in [0.717, 1.165) is 11.3 Å². The fraction of sp³-hybridized carbons (Fsp3) is 0.0952. The second kappa shape index (κ2) is 6.44. The zero-order valence-electron chi connectivity index (χ0n) is 14.3. The highest BCUT2D eigenvalue weighted by Crippen LogP contribution is 2.25. The van der Waals surface area contributed by atoms with E-state index >= 15 is 0 Å². The van der Waals surface area contributed by atoms with Gasteiger partial charge in [-0.05, 0) is 24.6 Å². The van der Waals surface area contributed by atoms with Crippen molar-refractivity contribution in [3.05, 3.63) is 95.0 Å². The molecule has 0 fully saturated rings. The summed E-state index contributed by atoms with van der Waals surface area (Å²) >= 11 is 0. The molecular weight excluding hydrogens is 326 g/mol. The quantitative estimate of drug-likeness (QED) is 0.786. The lowest BCUT2D eigenvalue weighted by molar-refractivity contribution is 0.0983. The van der Waals surface area contributed by atoms with E-state index in [1.165, 1.54) is 6.08 Å². The van der Waals surface area contributed by atoms with Crippen LogP contribution in [0.1, 0.15) is 32.1 Å². The van der Waals surface area contributed by atoms with Gasteiger partial charge < -0.3 is 5.32 Å². The number of para-hydroxylation sites is 1. The Bertz CT molecular complexity index is 1020. The van der Waals surface area contributed by atoms with E-state index in [1.807, 2.05) is 67.6 Å². The molecule has 5 nitrogen and oxygen atoms in total. The van der Waals surface area contributed by atoms with Crippen LogP contribution in [0.25, 0.3) is 0 Å². The van der Waals surface area contributed by atoms with Gasteiger partial charge in [-0.1, -0.05) is 48.5 Å². The minimum absolute atomic E-state index is 0.208. The lowest BCUT2D eigenvalue weighted by Gasteiger charge is -2.13. The average molecular weight is 343 g/mol. The number of benzene rings is 2. The SMILES string of the molecule is Cc1c2c(nn1Cc1ccccc1)C(=O)C=C(Nc1ccccc1)C2=O. The van der Waals surface area contributed by atoms with Gasteiger partial charge in [0.05, 0.1) is 17.8 Å². The van der Waals surface area contributed by atoms with Crippen molar-refractivity contribution in [2.45, 2.75) is 13.5 Å². The number of aromatic nitrogens is 2. The molecule has 1 aliphatic carbocycles. The van der Waals surface area contributed by atoms with Gasteiger partial charge in [0.15, 0.2) is 0 Å². The number of ketones is 2. The smallest absolute Gasteiger partial charge is 0.213 e. The molecule has 1 aromatic heterocycles. The van der Waals surface area contributed by atoms with Gasteiger partial charge in [0.25, 0.3) is 0 Å². The summed E-state index contributed by atoms with van der Waals surface area (Å²) in [6.07, 6.45) is 1.33. The Morgan fingerprint density at radius 3 is 2.31 bits per heavy atom. The molecule has 2 aromatic carbocycles. The second-order valence-electron chi connectivity index (χ2n) is 6.19. The van der Waals surface area contributed by atoms with Crippen molar-refractivity contribution in [2.75, 3.05) is 5.32 Å². The van der Waals surface area contributed by atoms with Crippen LogP contribution in [-0.4, -0.2) is 21.3 Å². The molecule has 0 bridgehead atoms. The summed E-state index contributed by atoms with van der Waals surface area (Å²) in [4.78, 5) is 25.4. The van der Waals surface area contributed by atoms with E-state index in [9.17, 15) is 9.59 Å². The standard InChI is InChI=1S/C21H17N3O2/c1-14-19-20(23-24(14)13-15-8-4-2-5-9-15)18(25)12-17(21(19)26)22-16-10-6-3-7-11-16/h2-12,22H,13H2,1H3. The maximum absolute atomic E-state index is 12.9. The van der Waals surface area contributed by atoms with Crippen molar-refractivity contribution >= 4 is 17.3 Å². The maximum Gasteiger partial charge on any atom is 0.213 e. The largest absolute Gasteiger partial charge is 0.352 e. The topological polar surface area (TPSA) is 64.0 Å². The molecule has 0 unspecified atom stereocenters. The molecule has 4 rings (SSSR count). The Morgan fingerprint density at radius 1 is 0.962 bits per heavy atom. The summed E-state index contributed by atoms with van der Waals surface area (Å²) in [5.41, 5.74) is 3.40. The average Bonchev–Trinajstić information content (AvgIpc) is 2.98. The minimum atomic E-state index is -0.257. The van der Waals surface area contributed by atoms with Crippen LogP contribution in [0, 0.1) is 6.92 Å². The molecular formula is C21H17N3O2. The monoisotopic (exact) mass is 343 g/mol. The molecule has 0 amide bonds. The van der Waals surface area contributed by atoms with Gasteiger partial charge in [-0.2, -0.15) is 5.10 Å². The van der Waals surface area contributed by atoms with E-state index in [2.05, 4.69) is 10.4 Å². The first kappa shape index (κ1) is 16.0. The zero-order chi connectivity index (χ0) is 18.1. The molecule has 1 aliphatic rings. The molecule has 0 saturated heterocycles. The third-order valence-corrected chi connectivity index (χ3v) is 4.41. The molecule has 5 heteroatoms. The number of anilines is 1. The Balaban J connectivity index is 1.67.